The van der Waals surface area contributed by atoms with E-state index in [9.17, 15) is 9.59 Å². The van der Waals surface area contributed by atoms with E-state index in [1.807, 2.05) is 39.8 Å². The zero-order chi connectivity index (χ0) is 13.6. The number of hydrogen-bond donors (Lipinski definition) is 1. The van der Waals surface area contributed by atoms with Crippen molar-refractivity contribution in [1.82, 2.24) is 9.80 Å². The van der Waals surface area contributed by atoms with E-state index in [0.29, 0.717) is 13.1 Å². The number of rotatable bonds is 7. The van der Waals surface area contributed by atoms with Crippen molar-refractivity contribution in [2.75, 3.05) is 33.7 Å². The third-order valence-electron chi connectivity index (χ3n) is 2.84. The van der Waals surface area contributed by atoms with Crippen LogP contribution >= 0.6 is 0 Å². The van der Waals surface area contributed by atoms with Crippen molar-refractivity contribution in [3.8, 4) is 0 Å². The first-order valence-corrected chi connectivity index (χ1v) is 5.91. The van der Waals surface area contributed by atoms with Crippen LogP contribution in [0.2, 0.25) is 0 Å². The van der Waals surface area contributed by atoms with Crippen LogP contribution < -0.4 is 0 Å². The Morgan fingerprint density at radius 3 is 2.00 bits per heavy atom. The van der Waals surface area contributed by atoms with Crippen molar-refractivity contribution in [3.63, 3.8) is 0 Å². The van der Waals surface area contributed by atoms with Crippen molar-refractivity contribution >= 4 is 11.9 Å². The molecule has 5 heteroatoms. The summed E-state index contributed by atoms with van der Waals surface area (Å²) in [4.78, 5) is 26.2. The second kappa shape index (κ2) is 7.27. The average molecular weight is 244 g/mol. The van der Waals surface area contributed by atoms with Crippen LogP contribution in [0.1, 0.15) is 20.8 Å². The van der Waals surface area contributed by atoms with Gasteiger partial charge < -0.3 is 14.9 Å². The Hall–Kier alpha value is -1.10. The fourth-order valence-corrected chi connectivity index (χ4v) is 1.32. The summed E-state index contributed by atoms with van der Waals surface area (Å²) in [5, 5.41) is 8.81. The molecule has 0 aromatic rings. The van der Waals surface area contributed by atoms with Gasteiger partial charge in [0.2, 0.25) is 5.91 Å². The molecular weight excluding hydrogens is 220 g/mol. The van der Waals surface area contributed by atoms with Gasteiger partial charge in [-0.3, -0.25) is 9.59 Å². The van der Waals surface area contributed by atoms with Crippen LogP contribution in [0, 0.1) is 11.8 Å². The molecule has 0 spiro atoms. The van der Waals surface area contributed by atoms with E-state index in [2.05, 4.69) is 0 Å². The number of nitrogens with zero attached hydrogens (tertiary/aromatic N) is 2. The van der Waals surface area contributed by atoms with Gasteiger partial charge in [-0.05, 0) is 20.0 Å². The highest BCUT2D eigenvalue weighted by Crippen LogP contribution is 2.13. The lowest BCUT2D eigenvalue weighted by Gasteiger charge is -2.27. The first-order chi connectivity index (χ1) is 7.75. The van der Waals surface area contributed by atoms with Crippen LogP contribution in [0.3, 0.4) is 0 Å². The molecule has 1 N–H and O–H groups in total. The molecule has 0 aliphatic heterocycles. The van der Waals surface area contributed by atoms with Crippen LogP contribution in [0.5, 0.6) is 0 Å². The summed E-state index contributed by atoms with van der Waals surface area (Å²) in [7, 11) is 3.80. The van der Waals surface area contributed by atoms with Gasteiger partial charge >= 0.3 is 5.97 Å². The van der Waals surface area contributed by atoms with Crippen molar-refractivity contribution in [3.05, 3.63) is 0 Å². The summed E-state index contributed by atoms with van der Waals surface area (Å²) in [6, 6.07) is 0. The van der Waals surface area contributed by atoms with E-state index in [0.717, 1.165) is 0 Å². The summed E-state index contributed by atoms with van der Waals surface area (Å²) >= 11 is 0. The zero-order valence-corrected chi connectivity index (χ0v) is 11.4. The third kappa shape index (κ3) is 6.26. The molecule has 0 fully saturated rings. The molecule has 17 heavy (non-hydrogen) atoms. The van der Waals surface area contributed by atoms with E-state index < -0.39 is 5.97 Å². The van der Waals surface area contributed by atoms with E-state index >= 15 is 0 Å². The Kier molecular flexibility index (Phi) is 6.80. The maximum atomic E-state index is 12.1. The highest BCUT2D eigenvalue weighted by Gasteiger charge is 2.24. The standard InChI is InChI=1S/C12H24N2O3/c1-9(2)10(3)12(17)14(8-11(15)16)7-6-13(4)5/h9-10H,6-8H2,1-5H3,(H,15,16). The molecule has 1 amide bonds. The molecule has 0 rings (SSSR count). The molecule has 0 saturated heterocycles. The smallest absolute Gasteiger partial charge is 0.323 e. The number of amides is 1. The first kappa shape index (κ1) is 15.9. The van der Waals surface area contributed by atoms with Crippen LogP contribution in [0.4, 0.5) is 0 Å². The van der Waals surface area contributed by atoms with Crippen molar-refractivity contribution in [2.24, 2.45) is 11.8 Å². The van der Waals surface area contributed by atoms with Gasteiger partial charge in [0.25, 0.3) is 0 Å². The highest BCUT2D eigenvalue weighted by molar-refractivity contribution is 5.83. The number of hydrogen-bond acceptors (Lipinski definition) is 3. The molecule has 0 aliphatic carbocycles. The first-order valence-electron chi connectivity index (χ1n) is 5.91. The van der Waals surface area contributed by atoms with Crippen molar-refractivity contribution in [2.45, 2.75) is 20.8 Å². The molecule has 100 valence electrons. The predicted octanol–water partition coefficient (Wildman–Crippen LogP) is 0.753. The predicted molar refractivity (Wildman–Crippen MR) is 66.8 cm³/mol. The normalized spacial score (nSPS) is 12.9. The number of aliphatic carboxylic acids is 1. The topological polar surface area (TPSA) is 60.9 Å². The largest absolute Gasteiger partial charge is 0.480 e. The highest BCUT2D eigenvalue weighted by atomic mass is 16.4. The van der Waals surface area contributed by atoms with E-state index in [1.54, 1.807) is 0 Å². The maximum absolute atomic E-state index is 12.1. The lowest BCUT2D eigenvalue weighted by atomic mass is 9.96. The van der Waals surface area contributed by atoms with Crippen LogP contribution in [0.15, 0.2) is 0 Å². The van der Waals surface area contributed by atoms with Gasteiger partial charge in [-0.25, -0.2) is 0 Å². The molecule has 0 saturated carbocycles. The zero-order valence-electron chi connectivity index (χ0n) is 11.4. The fraction of sp³-hybridized carbons (Fsp3) is 0.833. The van der Waals surface area contributed by atoms with E-state index in [4.69, 9.17) is 5.11 Å². The molecule has 0 heterocycles. The average Bonchev–Trinajstić information content (AvgIpc) is 2.21. The molecule has 1 atom stereocenters. The molecular formula is C12H24N2O3. The van der Waals surface area contributed by atoms with Gasteiger partial charge in [-0.1, -0.05) is 20.8 Å². The van der Waals surface area contributed by atoms with E-state index in [1.165, 1.54) is 4.90 Å². The van der Waals surface area contributed by atoms with Gasteiger partial charge in [0, 0.05) is 19.0 Å². The molecule has 0 aromatic carbocycles. The molecule has 0 bridgehead atoms. The number of carboxylic acid groups (broad SMARTS) is 1. The minimum Gasteiger partial charge on any atom is -0.480 e. The molecule has 0 radical (unpaired) electrons. The Morgan fingerprint density at radius 1 is 1.12 bits per heavy atom. The van der Waals surface area contributed by atoms with Crippen LogP contribution in [-0.2, 0) is 9.59 Å². The minimum absolute atomic E-state index is 0.0794. The second-order valence-corrected chi connectivity index (χ2v) is 4.99. The summed E-state index contributed by atoms with van der Waals surface area (Å²) < 4.78 is 0. The van der Waals surface area contributed by atoms with Crippen molar-refractivity contribution in [1.29, 1.82) is 0 Å². The molecule has 0 aromatic heterocycles. The number of likely N-dealkylation sites (N-methyl/N-ethyl adjacent to an activating group) is 1. The Morgan fingerprint density at radius 2 is 1.65 bits per heavy atom. The van der Waals surface area contributed by atoms with Gasteiger partial charge in [-0.2, -0.15) is 0 Å². The summed E-state index contributed by atoms with van der Waals surface area (Å²) in [5.41, 5.74) is 0. The Balaban J connectivity index is 4.55. The van der Waals surface area contributed by atoms with Gasteiger partial charge in [0.05, 0.1) is 0 Å². The van der Waals surface area contributed by atoms with Gasteiger partial charge in [0.1, 0.15) is 6.54 Å². The Bertz CT molecular complexity index is 264. The van der Waals surface area contributed by atoms with Gasteiger partial charge in [0.15, 0.2) is 0 Å². The second-order valence-electron chi connectivity index (χ2n) is 4.99. The number of carbonyl (C=O) groups is 2. The summed E-state index contributed by atoms with van der Waals surface area (Å²) in [5.74, 6) is -0.966. The van der Waals surface area contributed by atoms with Crippen LogP contribution in [0.25, 0.3) is 0 Å². The molecule has 1 unspecified atom stereocenters. The molecule has 5 nitrogen and oxygen atoms in total. The molecule has 0 aliphatic rings. The quantitative estimate of drug-likeness (QED) is 0.718. The van der Waals surface area contributed by atoms with Crippen molar-refractivity contribution < 1.29 is 14.7 Å². The fourth-order valence-electron chi connectivity index (χ4n) is 1.32. The third-order valence-corrected chi connectivity index (χ3v) is 2.84. The maximum Gasteiger partial charge on any atom is 0.323 e. The van der Waals surface area contributed by atoms with E-state index in [-0.39, 0.29) is 24.3 Å². The Labute approximate surface area is 103 Å². The SMILES string of the molecule is CC(C)C(C)C(=O)N(CCN(C)C)CC(=O)O. The lowest BCUT2D eigenvalue weighted by molar-refractivity contribution is -0.146. The minimum atomic E-state index is -0.965. The summed E-state index contributed by atoms with van der Waals surface area (Å²) in [6.45, 7) is 6.68. The number of carboxylic acids is 1. The summed E-state index contributed by atoms with van der Waals surface area (Å²) in [6.07, 6.45) is 0. The lowest BCUT2D eigenvalue weighted by Crippen LogP contribution is -2.43. The van der Waals surface area contributed by atoms with Crippen LogP contribution in [-0.4, -0.2) is 60.5 Å². The number of carbonyl (C=O) groups excluding carboxylic acids is 1. The monoisotopic (exact) mass is 244 g/mol. The van der Waals surface area contributed by atoms with Gasteiger partial charge in [-0.15, -0.1) is 0 Å².